The first-order valence-corrected chi connectivity index (χ1v) is 24.4. The van der Waals surface area contributed by atoms with Gasteiger partial charge in [0.1, 0.15) is 36.3 Å². The zero-order valence-electron chi connectivity index (χ0n) is 39.7. The predicted octanol–water partition coefficient (Wildman–Crippen LogP) is -1.89. The average Bonchev–Trinajstić information content (AvgIpc) is 4.14. The monoisotopic (exact) mass is 942 g/mol. The molecule has 374 valence electrons. The molecule has 0 aromatic rings. The van der Waals surface area contributed by atoms with Crippen LogP contribution in [0.3, 0.4) is 0 Å². The van der Waals surface area contributed by atoms with Gasteiger partial charge in [-0.3, -0.25) is 53.9 Å². The number of guanidine groups is 1. The van der Waals surface area contributed by atoms with Gasteiger partial charge in [0, 0.05) is 32.7 Å². The smallest absolute Gasteiger partial charge is 0.249 e. The SMILES string of the molecule is CC(C)C[C@H](NC(=O)[C@@H]1CCCN1C(=O)CNC(=O)[C@@H]1CCCN1C(=O)[C@@H]1CCCN1C(=O)[C@@H](N)CC(C)C)C(=O)N1CCC[C@H]1C(=O)N[C@@H](CCCNC(=N)N)C(=O)NC(=O)[C@@H]1CCCN1. The third-order valence-corrected chi connectivity index (χ3v) is 13.4. The van der Waals surface area contributed by atoms with Gasteiger partial charge >= 0.3 is 0 Å². The first kappa shape index (κ1) is 52.6. The molecule has 22 nitrogen and oxygen atoms in total. The molecule has 0 bridgehead atoms. The predicted molar refractivity (Wildman–Crippen MR) is 246 cm³/mol. The quantitative estimate of drug-likeness (QED) is 0.0367. The molecule has 0 aromatic carbocycles. The Labute approximate surface area is 393 Å². The largest absolute Gasteiger partial charge is 0.370 e. The molecule has 0 unspecified atom stereocenters. The van der Waals surface area contributed by atoms with E-state index < -0.39 is 96.2 Å². The van der Waals surface area contributed by atoms with Crippen LogP contribution >= 0.6 is 0 Å². The average molecular weight is 942 g/mol. The second-order valence-electron chi connectivity index (χ2n) is 19.5. The van der Waals surface area contributed by atoms with E-state index in [9.17, 15) is 43.2 Å². The first-order valence-electron chi connectivity index (χ1n) is 24.4. The van der Waals surface area contributed by atoms with Crippen molar-refractivity contribution in [3.05, 3.63) is 0 Å². The Morgan fingerprint density at radius 2 is 1.16 bits per heavy atom. The zero-order valence-corrected chi connectivity index (χ0v) is 39.7. The number of nitrogens with zero attached hydrogens (tertiary/aromatic N) is 4. The molecule has 0 aliphatic carbocycles. The molecule has 5 rings (SSSR count). The molecule has 0 aromatic heterocycles. The standard InChI is InChI=1S/C45H75N13O9/c1-26(2)23-28(46)42(65)58-22-10-16-35(58)44(67)57-21-8-13-32(57)39(62)51-25-36(59)55-19-7-14-33(55)40(63)53-31(24-27(3)4)43(66)56-20-9-15-34(56)41(64)52-30(12-6-18-50-45(47)48)38(61)54-37(60)29-11-5-17-49-29/h26-35,49H,5-25,46H2,1-4H3,(H,51,62)(H,52,64)(H,53,63)(H4,47,48,50)(H,54,60,61)/t28-,29-,30-,31-,32-,33-,34-,35-/m0/s1. The lowest BCUT2D eigenvalue weighted by atomic mass is 10.0. The molecule has 5 fully saturated rings. The molecule has 5 heterocycles. The normalized spacial score (nSPS) is 24.1. The minimum Gasteiger partial charge on any atom is -0.370 e. The number of nitrogens with two attached hydrogens (primary N) is 2. The van der Waals surface area contributed by atoms with Crippen molar-refractivity contribution in [1.82, 2.24) is 51.5 Å². The Hall–Kier alpha value is -5.38. The van der Waals surface area contributed by atoms with E-state index in [1.54, 1.807) is 4.90 Å². The summed E-state index contributed by atoms with van der Waals surface area (Å²) in [5.74, 6) is -4.43. The van der Waals surface area contributed by atoms with Crippen molar-refractivity contribution >= 4 is 59.1 Å². The molecular formula is C45H75N13O9. The first-order chi connectivity index (χ1) is 31.9. The fourth-order valence-electron chi connectivity index (χ4n) is 10.1. The van der Waals surface area contributed by atoms with Gasteiger partial charge in [0.25, 0.3) is 0 Å². The Kier molecular flexibility index (Phi) is 19.3. The number of rotatable bonds is 20. The maximum absolute atomic E-state index is 14.3. The summed E-state index contributed by atoms with van der Waals surface area (Å²) in [5.41, 5.74) is 11.6. The maximum atomic E-state index is 14.3. The van der Waals surface area contributed by atoms with Crippen LogP contribution in [-0.4, -0.2) is 173 Å². The van der Waals surface area contributed by atoms with Crippen LogP contribution in [0.4, 0.5) is 0 Å². The second-order valence-corrected chi connectivity index (χ2v) is 19.5. The summed E-state index contributed by atoms with van der Waals surface area (Å²) < 4.78 is 0. The number of amides is 9. The van der Waals surface area contributed by atoms with Gasteiger partial charge in [-0.2, -0.15) is 0 Å². The molecule has 5 aliphatic rings. The Balaban J connectivity index is 1.17. The highest BCUT2D eigenvalue weighted by Crippen LogP contribution is 2.27. The molecule has 0 spiro atoms. The van der Waals surface area contributed by atoms with Crippen LogP contribution < -0.4 is 43.4 Å². The van der Waals surface area contributed by atoms with Crippen LogP contribution in [0.25, 0.3) is 0 Å². The van der Waals surface area contributed by atoms with E-state index in [1.807, 2.05) is 27.7 Å². The van der Waals surface area contributed by atoms with Gasteiger partial charge in [-0.15, -0.1) is 0 Å². The molecular weight excluding hydrogens is 867 g/mol. The van der Waals surface area contributed by atoms with Crippen LogP contribution in [0, 0.1) is 17.2 Å². The maximum Gasteiger partial charge on any atom is 0.249 e. The highest BCUT2D eigenvalue weighted by molar-refractivity contribution is 6.02. The van der Waals surface area contributed by atoms with E-state index >= 15 is 0 Å². The molecule has 5 aliphatic heterocycles. The van der Waals surface area contributed by atoms with Crippen molar-refractivity contribution in [2.45, 2.75) is 166 Å². The summed E-state index contributed by atoms with van der Waals surface area (Å²) in [6.07, 6.45) is 6.29. The molecule has 5 saturated heterocycles. The van der Waals surface area contributed by atoms with Gasteiger partial charge in [0.2, 0.25) is 53.2 Å². The molecule has 11 N–H and O–H groups in total. The third-order valence-electron chi connectivity index (χ3n) is 13.4. The van der Waals surface area contributed by atoms with Gasteiger partial charge < -0.3 is 57.7 Å². The van der Waals surface area contributed by atoms with E-state index in [2.05, 4.69) is 31.9 Å². The van der Waals surface area contributed by atoms with Gasteiger partial charge in [-0.05, 0) is 108 Å². The Morgan fingerprint density at radius 1 is 0.627 bits per heavy atom. The third kappa shape index (κ3) is 14.1. The summed E-state index contributed by atoms with van der Waals surface area (Å²) in [4.78, 5) is 128. The van der Waals surface area contributed by atoms with E-state index in [4.69, 9.17) is 16.9 Å². The number of imide groups is 1. The summed E-state index contributed by atoms with van der Waals surface area (Å²) in [6, 6.07) is -6.79. The molecule has 8 atom stereocenters. The number of nitrogens with one attached hydrogen (secondary N) is 7. The van der Waals surface area contributed by atoms with Crippen LogP contribution in [-0.2, 0) is 43.2 Å². The van der Waals surface area contributed by atoms with Crippen LogP contribution in [0.5, 0.6) is 0 Å². The summed E-state index contributed by atoms with van der Waals surface area (Å²) in [7, 11) is 0. The molecule has 0 radical (unpaired) electrons. The lowest BCUT2D eigenvalue weighted by Gasteiger charge is -2.32. The number of likely N-dealkylation sites (tertiary alicyclic amines) is 4. The fourth-order valence-corrected chi connectivity index (χ4v) is 10.1. The fraction of sp³-hybridized carbons (Fsp3) is 0.778. The lowest BCUT2D eigenvalue weighted by Crippen LogP contribution is -2.59. The van der Waals surface area contributed by atoms with Crippen LogP contribution in [0.1, 0.15) is 118 Å². The molecule has 22 heteroatoms. The highest BCUT2D eigenvalue weighted by atomic mass is 16.2. The minimum absolute atomic E-state index is 0.0500. The molecule has 9 amide bonds. The van der Waals surface area contributed by atoms with E-state index in [0.29, 0.717) is 90.3 Å². The van der Waals surface area contributed by atoms with E-state index in [-0.39, 0.29) is 62.1 Å². The molecule has 0 saturated carbocycles. The van der Waals surface area contributed by atoms with E-state index in [1.165, 1.54) is 14.7 Å². The van der Waals surface area contributed by atoms with Gasteiger partial charge in [-0.1, -0.05) is 27.7 Å². The summed E-state index contributed by atoms with van der Waals surface area (Å²) in [5, 5.41) is 23.9. The zero-order chi connectivity index (χ0) is 48.9. The second kappa shape index (κ2) is 24.6. The van der Waals surface area contributed by atoms with Crippen molar-refractivity contribution in [3.63, 3.8) is 0 Å². The number of carbonyl (C=O) groups excluding carboxylic acids is 9. The summed E-state index contributed by atoms with van der Waals surface area (Å²) >= 11 is 0. The molecule has 67 heavy (non-hydrogen) atoms. The number of hydrogen-bond donors (Lipinski definition) is 9. The number of carbonyl (C=O) groups is 9. The lowest BCUT2D eigenvalue weighted by molar-refractivity contribution is -0.147. The highest BCUT2D eigenvalue weighted by Gasteiger charge is 2.45. The van der Waals surface area contributed by atoms with Crippen molar-refractivity contribution < 1.29 is 43.2 Å². The van der Waals surface area contributed by atoms with Crippen LogP contribution in [0.2, 0.25) is 0 Å². The van der Waals surface area contributed by atoms with Gasteiger partial charge in [0.05, 0.1) is 18.6 Å². The van der Waals surface area contributed by atoms with Crippen molar-refractivity contribution in [2.75, 3.05) is 45.8 Å². The van der Waals surface area contributed by atoms with Crippen molar-refractivity contribution in [2.24, 2.45) is 23.3 Å². The minimum atomic E-state index is -1.12. The Morgan fingerprint density at radius 3 is 1.75 bits per heavy atom. The van der Waals surface area contributed by atoms with Gasteiger partial charge in [0.15, 0.2) is 5.96 Å². The number of hydrogen-bond acceptors (Lipinski definition) is 12. The van der Waals surface area contributed by atoms with Crippen molar-refractivity contribution in [1.29, 1.82) is 5.41 Å². The van der Waals surface area contributed by atoms with Crippen LogP contribution in [0.15, 0.2) is 0 Å². The Bertz CT molecular complexity index is 1840. The van der Waals surface area contributed by atoms with Gasteiger partial charge in [-0.25, -0.2) is 0 Å². The van der Waals surface area contributed by atoms with Crippen molar-refractivity contribution in [3.8, 4) is 0 Å². The summed E-state index contributed by atoms with van der Waals surface area (Å²) in [6.45, 7) is 9.48. The van der Waals surface area contributed by atoms with E-state index in [0.717, 1.165) is 6.42 Å². The topological polar surface area (TPSA) is 315 Å².